The zero-order valence-corrected chi connectivity index (χ0v) is 14.7. The molecule has 1 aromatic carbocycles. The molecule has 1 aliphatic rings. The monoisotopic (exact) mass is 369 g/mol. The summed E-state index contributed by atoms with van der Waals surface area (Å²) in [7, 11) is 0. The van der Waals surface area contributed by atoms with Crippen LogP contribution in [0.4, 0.5) is 5.69 Å². The van der Waals surface area contributed by atoms with Gasteiger partial charge in [-0.25, -0.2) is 9.67 Å². The van der Waals surface area contributed by atoms with Crippen molar-refractivity contribution in [1.29, 1.82) is 0 Å². The lowest BCUT2D eigenvalue weighted by atomic mass is 10.00. The minimum absolute atomic E-state index is 0.0495. The first kappa shape index (κ1) is 16.4. The normalized spacial score (nSPS) is 16.3. The van der Waals surface area contributed by atoms with Crippen LogP contribution < -0.4 is 0 Å². The van der Waals surface area contributed by atoms with Crippen LogP contribution in [0.3, 0.4) is 0 Å². The molecular formula is C17H15N5O3S. The van der Waals surface area contributed by atoms with E-state index in [0.717, 1.165) is 12.0 Å². The molecule has 2 aromatic heterocycles. The number of nitrogens with zero attached hydrogens (tertiary/aromatic N) is 5. The highest BCUT2D eigenvalue weighted by Crippen LogP contribution is 2.34. The third-order valence-electron chi connectivity index (χ3n) is 4.62. The van der Waals surface area contributed by atoms with Crippen LogP contribution in [-0.2, 0) is 6.42 Å². The average Bonchev–Trinajstić information content (AvgIpc) is 3.33. The van der Waals surface area contributed by atoms with E-state index in [1.165, 1.54) is 34.3 Å². The number of aromatic nitrogens is 3. The zero-order chi connectivity index (χ0) is 18.3. The number of nitro groups is 1. The lowest BCUT2D eigenvalue weighted by molar-refractivity contribution is -0.384. The van der Waals surface area contributed by atoms with Gasteiger partial charge in [0.1, 0.15) is 18.3 Å². The molecule has 1 amide bonds. The van der Waals surface area contributed by atoms with E-state index in [4.69, 9.17) is 0 Å². The van der Waals surface area contributed by atoms with E-state index in [9.17, 15) is 14.9 Å². The first-order valence-electron chi connectivity index (χ1n) is 8.07. The van der Waals surface area contributed by atoms with Crippen molar-refractivity contribution in [2.24, 2.45) is 0 Å². The number of rotatable bonds is 3. The topological polar surface area (TPSA) is 94.2 Å². The van der Waals surface area contributed by atoms with Gasteiger partial charge in [-0.15, -0.1) is 11.3 Å². The van der Waals surface area contributed by atoms with E-state index in [1.54, 1.807) is 22.3 Å². The summed E-state index contributed by atoms with van der Waals surface area (Å²) in [5.41, 5.74) is 1.55. The van der Waals surface area contributed by atoms with Crippen LogP contribution in [0.1, 0.15) is 33.8 Å². The van der Waals surface area contributed by atoms with Gasteiger partial charge in [0.05, 0.1) is 11.0 Å². The summed E-state index contributed by atoms with van der Waals surface area (Å²) in [6.45, 7) is 2.59. The van der Waals surface area contributed by atoms with Crippen molar-refractivity contribution in [2.45, 2.75) is 19.4 Å². The number of fused-ring (bicyclic) bond motifs is 1. The van der Waals surface area contributed by atoms with E-state index >= 15 is 0 Å². The fourth-order valence-electron chi connectivity index (χ4n) is 3.28. The Morgan fingerprint density at radius 3 is 2.96 bits per heavy atom. The van der Waals surface area contributed by atoms with E-state index in [0.29, 0.717) is 12.1 Å². The molecule has 9 heteroatoms. The van der Waals surface area contributed by atoms with Crippen molar-refractivity contribution >= 4 is 22.9 Å². The Kier molecular flexibility index (Phi) is 4.00. The molecular weight excluding hydrogens is 354 g/mol. The second-order valence-corrected chi connectivity index (χ2v) is 7.02. The van der Waals surface area contributed by atoms with Crippen LogP contribution in [0.25, 0.3) is 5.69 Å². The number of benzene rings is 1. The Bertz CT molecular complexity index is 982. The Morgan fingerprint density at radius 1 is 1.38 bits per heavy atom. The van der Waals surface area contributed by atoms with E-state index in [1.807, 2.05) is 18.4 Å². The lowest BCUT2D eigenvalue weighted by Gasteiger charge is -2.33. The largest absolute Gasteiger partial charge is 0.331 e. The summed E-state index contributed by atoms with van der Waals surface area (Å²) in [6.07, 6.45) is 3.49. The summed E-state index contributed by atoms with van der Waals surface area (Å²) in [4.78, 5) is 30.8. The Morgan fingerprint density at radius 2 is 2.23 bits per heavy atom. The number of carbonyl (C=O) groups excluding carboxylic acids is 1. The van der Waals surface area contributed by atoms with Gasteiger partial charge in [0.15, 0.2) is 0 Å². The summed E-state index contributed by atoms with van der Waals surface area (Å²) in [5.74, 6) is -0.206. The van der Waals surface area contributed by atoms with Crippen molar-refractivity contribution < 1.29 is 9.72 Å². The number of hydrogen-bond donors (Lipinski definition) is 0. The lowest BCUT2D eigenvalue weighted by Crippen LogP contribution is -2.38. The van der Waals surface area contributed by atoms with Crippen molar-refractivity contribution in [3.63, 3.8) is 0 Å². The number of thiophene rings is 1. The van der Waals surface area contributed by atoms with Crippen molar-refractivity contribution in [3.8, 4) is 5.69 Å². The van der Waals surface area contributed by atoms with Gasteiger partial charge in [-0.3, -0.25) is 14.9 Å². The van der Waals surface area contributed by atoms with Gasteiger partial charge in [-0.2, -0.15) is 5.10 Å². The summed E-state index contributed by atoms with van der Waals surface area (Å²) >= 11 is 1.70. The Hall–Kier alpha value is -3.07. The molecule has 4 rings (SSSR count). The summed E-state index contributed by atoms with van der Waals surface area (Å²) in [5, 5.41) is 17.4. The summed E-state index contributed by atoms with van der Waals surface area (Å²) < 4.78 is 1.31. The number of hydrogen-bond acceptors (Lipinski definition) is 6. The van der Waals surface area contributed by atoms with Gasteiger partial charge >= 0.3 is 0 Å². The molecule has 3 heterocycles. The second kappa shape index (κ2) is 6.34. The highest BCUT2D eigenvalue weighted by molar-refractivity contribution is 7.10. The van der Waals surface area contributed by atoms with Gasteiger partial charge in [-0.1, -0.05) is 0 Å². The Labute approximate surface area is 152 Å². The maximum atomic E-state index is 13.0. The van der Waals surface area contributed by atoms with Crippen LogP contribution in [0, 0.1) is 10.1 Å². The smallest absolute Gasteiger partial charge is 0.295 e. The molecule has 0 radical (unpaired) electrons. The number of amides is 1. The molecule has 132 valence electrons. The molecule has 0 aliphatic carbocycles. The van der Waals surface area contributed by atoms with E-state index < -0.39 is 4.92 Å². The molecule has 0 unspecified atom stereocenters. The van der Waals surface area contributed by atoms with Crippen LogP contribution in [0.5, 0.6) is 0 Å². The molecule has 0 bridgehead atoms. The number of carbonyl (C=O) groups is 1. The van der Waals surface area contributed by atoms with Crippen molar-refractivity contribution in [3.05, 3.63) is 68.4 Å². The third kappa shape index (κ3) is 2.66. The van der Waals surface area contributed by atoms with Crippen LogP contribution in [0.2, 0.25) is 0 Å². The van der Waals surface area contributed by atoms with Gasteiger partial charge < -0.3 is 4.90 Å². The first-order valence-corrected chi connectivity index (χ1v) is 8.95. The minimum atomic E-state index is -0.510. The fourth-order valence-corrected chi connectivity index (χ4v) is 4.24. The van der Waals surface area contributed by atoms with Crippen LogP contribution in [0.15, 0.2) is 42.3 Å². The van der Waals surface area contributed by atoms with Crippen molar-refractivity contribution in [2.75, 3.05) is 6.54 Å². The maximum absolute atomic E-state index is 13.0. The van der Waals surface area contributed by atoms with Crippen LogP contribution in [-0.4, -0.2) is 37.0 Å². The van der Waals surface area contributed by atoms with Gasteiger partial charge in [0.25, 0.3) is 11.6 Å². The highest BCUT2D eigenvalue weighted by atomic mass is 32.1. The molecule has 0 spiro atoms. The quantitative estimate of drug-likeness (QED) is 0.522. The average molecular weight is 369 g/mol. The van der Waals surface area contributed by atoms with E-state index in [-0.39, 0.29) is 23.3 Å². The van der Waals surface area contributed by atoms with E-state index in [2.05, 4.69) is 10.1 Å². The minimum Gasteiger partial charge on any atom is -0.331 e. The molecule has 3 aromatic rings. The molecule has 26 heavy (non-hydrogen) atoms. The van der Waals surface area contributed by atoms with Gasteiger partial charge in [0, 0.05) is 23.1 Å². The molecule has 0 fully saturated rings. The number of nitro benzene ring substituents is 1. The molecule has 1 aliphatic heterocycles. The molecule has 1 atom stereocenters. The maximum Gasteiger partial charge on any atom is 0.295 e. The van der Waals surface area contributed by atoms with Gasteiger partial charge in [0.2, 0.25) is 0 Å². The molecule has 0 saturated heterocycles. The Balaban J connectivity index is 1.69. The zero-order valence-electron chi connectivity index (χ0n) is 13.9. The van der Waals surface area contributed by atoms with Crippen molar-refractivity contribution in [1.82, 2.24) is 19.7 Å². The second-order valence-electron chi connectivity index (χ2n) is 6.02. The molecule has 8 nitrogen and oxygen atoms in total. The SMILES string of the molecule is C[C@@H]1c2ccsc2CCN1C(=O)c1ccc(-n2cncn2)c([N+](=O)[O-])c1. The predicted molar refractivity (Wildman–Crippen MR) is 95.5 cm³/mol. The fraction of sp³-hybridized carbons (Fsp3) is 0.235. The summed E-state index contributed by atoms with van der Waals surface area (Å²) in [6, 6.07) is 6.44. The molecule has 0 saturated carbocycles. The first-order chi connectivity index (χ1) is 12.6. The van der Waals surface area contributed by atoms with Crippen LogP contribution >= 0.6 is 11.3 Å². The highest BCUT2D eigenvalue weighted by Gasteiger charge is 2.30. The third-order valence-corrected chi connectivity index (χ3v) is 5.62. The van der Waals surface area contributed by atoms with Gasteiger partial charge in [-0.05, 0) is 42.5 Å². The molecule has 0 N–H and O–H groups in total. The predicted octanol–water partition coefficient (Wildman–Crippen LogP) is 3.00. The standard InChI is InChI=1S/C17H15N5O3S/c1-11-13-5-7-26-16(13)4-6-20(11)17(23)12-2-3-14(15(8-12)22(24)25)21-10-18-9-19-21/h2-3,5,7-11H,4,6H2,1H3/t11-/m1/s1.